The first-order valence-electron chi connectivity index (χ1n) is 6.62. The molecule has 0 saturated carbocycles. The van der Waals surface area contributed by atoms with E-state index in [1.165, 1.54) is 31.2 Å². The van der Waals surface area contributed by atoms with E-state index in [1.807, 2.05) is 0 Å². The fraction of sp³-hybridized carbons (Fsp3) is 0.600. The van der Waals surface area contributed by atoms with Crippen LogP contribution in [0.25, 0.3) is 0 Å². The van der Waals surface area contributed by atoms with Crippen molar-refractivity contribution >= 4 is 0 Å². The highest BCUT2D eigenvalue weighted by Gasteiger charge is 2.19. The van der Waals surface area contributed by atoms with Crippen LogP contribution in [-0.4, -0.2) is 6.54 Å². The van der Waals surface area contributed by atoms with Crippen LogP contribution in [0.3, 0.4) is 0 Å². The SMILES string of the molecule is CCC(C)CNC1CCCc2ccccc21. The number of hydrogen-bond acceptors (Lipinski definition) is 1. The second-order valence-electron chi connectivity index (χ2n) is 5.07. The molecule has 0 aliphatic heterocycles. The summed E-state index contributed by atoms with van der Waals surface area (Å²) in [5.74, 6) is 0.786. The minimum atomic E-state index is 0.596. The molecule has 0 spiro atoms. The van der Waals surface area contributed by atoms with Crippen LogP contribution < -0.4 is 5.32 Å². The second kappa shape index (κ2) is 5.49. The lowest BCUT2D eigenvalue weighted by Crippen LogP contribution is -2.28. The molecule has 1 aromatic carbocycles. The van der Waals surface area contributed by atoms with Crippen molar-refractivity contribution in [3.8, 4) is 0 Å². The van der Waals surface area contributed by atoms with E-state index in [-0.39, 0.29) is 0 Å². The smallest absolute Gasteiger partial charge is 0.0323 e. The number of aryl methyl sites for hydroxylation is 1. The molecule has 2 rings (SSSR count). The normalized spacial score (nSPS) is 21.5. The number of rotatable bonds is 4. The van der Waals surface area contributed by atoms with E-state index in [9.17, 15) is 0 Å². The molecular weight excluding hydrogens is 194 g/mol. The molecule has 0 bridgehead atoms. The molecule has 1 nitrogen and oxygen atoms in total. The number of nitrogens with one attached hydrogen (secondary N) is 1. The van der Waals surface area contributed by atoms with Gasteiger partial charge in [0.05, 0.1) is 0 Å². The van der Waals surface area contributed by atoms with E-state index in [0.717, 1.165) is 12.5 Å². The van der Waals surface area contributed by atoms with Gasteiger partial charge >= 0.3 is 0 Å². The summed E-state index contributed by atoms with van der Waals surface area (Å²) in [5.41, 5.74) is 3.09. The lowest BCUT2D eigenvalue weighted by atomic mass is 9.87. The fourth-order valence-corrected chi connectivity index (χ4v) is 2.45. The molecule has 2 unspecified atom stereocenters. The quantitative estimate of drug-likeness (QED) is 0.811. The summed E-state index contributed by atoms with van der Waals surface area (Å²) in [6, 6.07) is 9.51. The van der Waals surface area contributed by atoms with E-state index in [2.05, 4.69) is 43.4 Å². The Morgan fingerprint density at radius 3 is 3.00 bits per heavy atom. The topological polar surface area (TPSA) is 12.0 Å². The van der Waals surface area contributed by atoms with Crippen molar-refractivity contribution in [3.05, 3.63) is 35.4 Å². The number of fused-ring (bicyclic) bond motifs is 1. The van der Waals surface area contributed by atoms with Crippen LogP contribution >= 0.6 is 0 Å². The molecule has 1 aromatic rings. The Labute approximate surface area is 99.3 Å². The average molecular weight is 217 g/mol. The Morgan fingerprint density at radius 2 is 2.19 bits per heavy atom. The van der Waals surface area contributed by atoms with Crippen LogP contribution in [0, 0.1) is 5.92 Å². The van der Waals surface area contributed by atoms with Gasteiger partial charge in [0.15, 0.2) is 0 Å². The van der Waals surface area contributed by atoms with Crippen molar-refractivity contribution in [1.82, 2.24) is 5.32 Å². The summed E-state index contributed by atoms with van der Waals surface area (Å²) in [6.07, 6.45) is 5.15. The fourth-order valence-electron chi connectivity index (χ4n) is 2.45. The maximum atomic E-state index is 3.73. The van der Waals surface area contributed by atoms with Gasteiger partial charge in [-0.1, -0.05) is 44.5 Å². The molecule has 2 atom stereocenters. The van der Waals surface area contributed by atoms with Crippen molar-refractivity contribution in [3.63, 3.8) is 0 Å². The Hall–Kier alpha value is -0.820. The van der Waals surface area contributed by atoms with Gasteiger partial charge in [0, 0.05) is 6.04 Å². The molecule has 0 radical (unpaired) electrons. The number of hydrogen-bond donors (Lipinski definition) is 1. The van der Waals surface area contributed by atoms with E-state index in [1.54, 1.807) is 5.56 Å². The Balaban J connectivity index is 2.01. The first-order valence-corrected chi connectivity index (χ1v) is 6.62. The summed E-state index contributed by atoms with van der Waals surface area (Å²) >= 11 is 0. The molecule has 0 heterocycles. The van der Waals surface area contributed by atoms with Gasteiger partial charge in [-0.25, -0.2) is 0 Å². The molecule has 1 aliphatic rings. The van der Waals surface area contributed by atoms with Crippen molar-refractivity contribution in [1.29, 1.82) is 0 Å². The molecule has 1 aliphatic carbocycles. The van der Waals surface area contributed by atoms with E-state index >= 15 is 0 Å². The first-order chi connectivity index (χ1) is 7.81. The molecule has 1 N–H and O–H groups in total. The Kier molecular flexibility index (Phi) is 4.00. The number of benzene rings is 1. The molecule has 0 amide bonds. The lowest BCUT2D eigenvalue weighted by Gasteiger charge is -2.27. The van der Waals surface area contributed by atoms with Gasteiger partial charge in [-0.05, 0) is 42.9 Å². The standard InChI is InChI=1S/C15H23N/c1-3-12(2)11-16-15-10-6-8-13-7-4-5-9-14(13)15/h4-5,7,9,12,15-16H,3,6,8,10-11H2,1-2H3. The molecule has 0 aromatic heterocycles. The summed E-state index contributed by atoms with van der Waals surface area (Å²) in [6.45, 7) is 5.73. The Bertz CT molecular complexity index is 332. The highest BCUT2D eigenvalue weighted by atomic mass is 14.9. The average Bonchev–Trinajstić information content (AvgIpc) is 2.35. The van der Waals surface area contributed by atoms with Gasteiger partial charge in [-0.3, -0.25) is 0 Å². The summed E-state index contributed by atoms with van der Waals surface area (Å²) < 4.78 is 0. The van der Waals surface area contributed by atoms with Gasteiger partial charge in [-0.15, -0.1) is 0 Å². The summed E-state index contributed by atoms with van der Waals surface area (Å²) in [7, 11) is 0. The predicted octanol–water partition coefficient (Wildman–Crippen LogP) is 3.70. The zero-order chi connectivity index (χ0) is 11.4. The van der Waals surface area contributed by atoms with Crippen LogP contribution in [0.5, 0.6) is 0 Å². The zero-order valence-corrected chi connectivity index (χ0v) is 10.5. The Morgan fingerprint density at radius 1 is 1.38 bits per heavy atom. The molecule has 16 heavy (non-hydrogen) atoms. The van der Waals surface area contributed by atoms with Crippen LogP contribution in [0.4, 0.5) is 0 Å². The van der Waals surface area contributed by atoms with E-state index in [4.69, 9.17) is 0 Å². The summed E-state index contributed by atoms with van der Waals surface area (Å²) in [4.78, 5) is 0. The van der Waals surface area contributed by atoms with E-state index in [0.29, 0.717) is 6.04 Å². The maximum absolute atomic E-state index is 3.73. The van der Waals surface area contributed by atoms with Crippen LogP contribution in [0.2, 0.25) is 0 Å². The van der Waals surface area contributed by atoms with Crippen LogP contribution in [0.1, 0.15) is 50.3 Å². The molecule has 0 fully saturated rings. The summed E-state index contributed by atoms with van der Waals surface area (Å²) in [5, 5.41) is 3.73. The minimum Gasteiger partial charge on any atom is -0.310 e. The highest BCUT2D eigenvalue weighted by Crippen LogP contribution is 2.29. The zero-order valence-electron chi connectivity index (χ0n) is 10.5. The maximum Gasteiger partial charge on any atom is 0.0323 e. The van der Waals surface area contributed by atoms with Crippen LogP contribution in [0.15, 0.2) is 24.3 Å². The van der Waals surface area contributed by atoms with Gasteiger partial charge < -0.3 is 5.32 Å². The lowest BCUT2D eigenvalue weighted by molar-refractivity contribution is 0.409. The van der Waals surface area contributed by atoms with Crippen molar-refractivity contribution in [2.45, 2.75) is 45.6 Å². The largest absolute Gasteiger partial charge is 0.310 e. The van der Waals surface area contributed by atoms with Gasteiger partial charge in [0.2, 0.25) is 0 Å². The molecule has 1 heteroatoms. The highest BCUT2D eigenvalue weighted by molar-refractivity contribution is 5.32. The third kappa shape index (κ3) is 2.65. The minimum absolute atomic E-state index is 0.596. The molecule has 0 saturated heterocycles. The second-order valence-corrected chi connectivity index (χ2v) is 5.07. The van der Waals surface area contributed by atoms with E-state index < -0.39 is 0 Å². The molecular formula is C15H23N. The third-order valence-electron chi connectivity index (χ3n) is 3.78. The van der Waals surface area contributed by atoms with Crippen molar-refractivity contribution in [2.24, 2.45) is 5.92 Å². The van der Waals surface area contributed by atoms with Crippen molar-refractivity contribution < 1.29 is 0 Å². The molecule has 88 valence electrons. The van der Waals surface area contributed by atoms with Gasteiger partial charge in [0.1, 0.15) is 0 Å². The van der Waals surface area contributed by atoms with Crippen LogP contribution in [-0.2, 0) is 6.42 Å². The third-order valence-corrected chi connectivity index (χ3v) is 3.78. The first kappa shape index (κ1) is 11.7. The van der Waals surface area contributed by atoms with Crippen molar-refractivity contribution in [2.75, 3.05) is 6.54 Å². The predicted molar refractivity (Wildman–Crippen MR) is 69.6 cm³/mol. The van der Waals surface area contributed by atoms with Gasteiger partial charge in [-0.2, -0.15) is 0 Å². The van der Waals surface area contributed by atoms with Gasteiger partial charge in [0.25, 0.3) is 0 Å². The monoisotopic (exact) mass is 217 g/mol.